The van der Waals surface area contributed by atoms with Gasteiger partial charge in [-0.1, -0.05) is 17.7 Å². The molecule has 1 amide bonds. The molecule has 1 aromatic heterocycles. The van der Waals surface area contributed by atoms with Gasteiger partial charge in [0.1, 0.15) is 5.76 Å². The molecule has 2 aromatic rings. The monoisotopic (exact) mass is 361 g/mol. The second-order valence-electron chi connectivity index (χ2n) is 6.76. The minimum absolute atomic E-state index is 0.200. The number of benzene rings is 1. The van der Waals surface area contributed by atoms with Crippen molar-refractivity contribution in [1.29, 1.82) is 0 Å². The fourth-order valence-corrected chi connectivity index (χ4v) is 3.50. The Labute approximate surface area is 153 Å². The third-order valence-corrected chi connectivity index (χ3v) is 5.08. The van der Waals surface area contributed by atoms with Gasteiger partial charge in [-0.2, -0.15) is 0 Å². The first-order chi connectivity index (χ1) is 12.0. The summed E-state index contributed by atoms with van der Waals surface area (Å²) in [6, 6.07) is 7.55. The largest absolute Gasteiger partial charge is 0.441 e. The first-order valence-electron chi connectivity index (χ1n) is 8.74. The Hall–Kier alpha value is -1.85. The second-order valence-corrected chi connectivity index (χ2v) is 7.19. The Kier molecular flexibility index (Phi) is 5.76. The minimum Gasteiger partial charge on any atom is -0.441 e. The average Bonchev–Trinajstić information content (AvgIpc) is 2.95. The number of nitrogens with zero attached hydrogens (tertiary/aromatic N) is 2. The number of oxazole rings is 1. The van der Waals surface area contributed by atoms with Crippen molar-refractivity contribution in [2.75, 3.05) is 13.1 Å². The van der Waals surface area contributed by atoms with Crippen LogP contribution in [0, 0.1) is 12.8 Å². The van der Waals surface area contributed by atoms with E-state index in [-0.39, 0.29) is 5.91 Å². The number of piperidine rings is 1. The molecule has 0 bridgehead atoms. The van der Waals surface area contributed by atoms with Crippen LogP contribution in [0.15, 0.2) is 28.7 Å². The van der Waals surface area contributed by atoms with E-state index in [0.717, 1.165) is 55.9 Å². The fraction of sp³-hybridized carbons (Fsp3) is 0.474. The molecular formula is C19H24ClN3O2. The van der Waals surface area contributed by atoms with Crippen LogP contribution < -0.4 is 5.73 Å². The molecule has 3 rings (SSSR count). The predicted molar refractivity (Wildman–Crippen MR) is 98.1 cm³/mol. The van der Waals surface area contributed by atoms with Gasteiger partial charge < -0.3 is 10.2 Å². The summed E-state index contributed by atoms with van der Waals surface area (Å²) in [7, 11) is 0. The molecule has 1 aliphatic heterocycles. The van der Waals surface area contributed by atoms with Gasteiger partial charge in [-0.05, 0) is 63.4 Å². The van der Waals surface area contributed by atoms with Gasteiger partial charge in [0, 0.05) is 23.6 Å². The van der Waals surface area contributed by atoms with E-state index in [1.54, 1.807) is 0 Å². The van der Waals surface area contributed by atoms with Crippen LogP contribution in [0.3, 0.4) is 0 Å². The van der Waals surface area contributed by atoms with Gasteiger partial charge in [0.05, 0.1) is 5.69 Å². The molecule has 0 atom stereocenters. The van der Waals surface area contributed by atoms with E-state index >= 15 is 0 Å². The van der Waals surface area contributed by atoms with E-state index < -0.39 is 0 Å². The maximum atomic E-state index is 10.9. The number of amides is 1. The number of likely N-dealkylation sites (tertiary alicyclic amines) is 1. The third-order valence-electron chi connectivity index (χ3n) is 4.84. The lowest BCUT2D eigenvalue weighted by Gasteiger charge is -2.31. The summed E-state index contributed by atoms with van der Waals surface area (Å²) in [5, 5.41) is 0.674. The van der Waals surface area contributed by atoms with Crippen LogP contribution in [0.5, 0.6) is 0 Å². The van der Waals surface area contributed by atoms with E-state index in [2.05, 4.69) is 9.88 Å². The van der Waals surface area contributed by atoms with Crippen molar-refractivity contribution in [2.24, 2.45) is 11.7 Å². The van der Waals surface area contributed by atoms with Crippen LogP contribution in [-0.2, 0) is 11.3 Å². The van der Waals surface area contributed by atoms with Crippen LogP contribution >= 0.6 is 11.6 Å². The zero-order chi connectivity index (χ0) is 17.8. The first-order valence-corrected chi connectivity index (χ1v) is 9.12. The number of rotatable bonds is 6. The molecule has 0 spiro atoms. The second kappa shape index (κ2) is 8.02. The molecule has 0 aliphatic carbocycles. The summed E-state index contributed by atoms with van der Waals surface area (Å²) >= 11 is 6.05. The quantitative estimate of drug-likeness (QED) is 0.849. The van der Waals surface area contributed by atoms with Crippen LogP contribution in [0.4, 0.5) is 0 Å². The molecule has 25 heavy (non-hydrogen) atoms. The number of hydrogen-bond acceptors (Lipinski definition) is 4. The van der Waals surface area contributed by atoms with Crippen molar-refractivity contribution in [3.05, 3.63) is 40.7 Å². The summed E-state index contributed by atoms with van der Waals surface area (Å²) in [6.45, 7) is 4.78. The van der Waals surface area contributed by atoms with Crippen molar-refractivity contribution < 1.29 is 9.21 Å². The van der Waals surface area contributed by atoms with Crippen LogP contribution in [0.2, 0.25) is 5.02 Å². The van der Waals surface area contributed by atoms with Crippen molar-refractivity contribution in [2.45, 2.75) is 39.2 Å². The number of primary amides is 1. The van der Waals surface area contributed by atoms with Crippen molar-refractivity contribution in [1.82, 2.24) is 9.88 Å². The molecular weight excluding hydrogens is 338 g/mol. The molecule has 0 radical (unpaired) electrons. The number of hydrogen-bond donors (Lipinski definition) is 1. The number of nitrogens with two attached hydrogens (primary N) is 1. The molecule has 134 valence electrons. The van der Waals surface area contributed by atoms with E-state index in [0.29, 0.717) is 23.3 Å². The molecule has 0 unspecified atom stereocenters. The highest BCUT2D eigenvalue weighted by Gasteiger charge is 2.21. The van der Waals surface area contributed by atoms with Crippen LogP contribution in [0.25, 0.3) is 11.5 Å². The smallest absolute Gasteiger partial charge is 0.226 e. The number of aromatic nitrogens is 1. The van der Waals surface area contributed by atoms with Crippen LogP contribution in [-0.4, -0.2) is 28.9 Å². The lowest BCUT2D eigenvalue weighted by Crippen LogP contribution is -2.33. The number of aryl methyl sites for hydroxylation is 1. The lowest BCUT2D eigenvalue weighted by molar-refractivity contribution is -0.118. The van der Waals surface area contributed by atoms with Crippen LogP contribution in [0.1, 0.15) is 37.1 Å². The molecule has 6 heteroatoms. The topological polar surface area (TPSA) is 72.4 Å². The van der Waals surface area contributed by atoms with Gasteiger partial charge in [0.25, 0.3) is 0 Å². The fourth-order valence-electron chi connectivity index (χ4n) is 3.31. The summed E-state index contributed by atoms with van der Waals surface area (Å²) < 4.78 is 5.84. The zero-order valence-electron chi connectivity index (χ0n) is 14.5. The van der Waals surface area contributed by atoms with E-state index in [1.165, 1.54) is 0 Å². The van der Waals surface area contributed by atoms with Crippen molar-refractivity contribution in [3.63, 3.8) is 0 Å². The van der Waals surface area contributed by atoms with Gasteiger partial charge in [0.15, 0.2) is 0 Å². The molecule has 5 nitrogen and oxygen atoms in total. The third kappa shape index (κ3) is 4.83. The first kappa shape index (κ1) is 18.0. The molecule has 0 saturated carbocycles. The molecule has 1 aliphatic rings. The van der Waals surface area contributed by atoms with Gasteiger partial charge in [0.2, 0.25) is 11.8 Å². The van der Waals surface area contributed by atoms with Crippen molar-refractivity contribution in [3.8, 4) is 11.5 Å². The Morgan fingerprint density at radius 2 is 2.16 bits per heavy atom. The Morgan fingerprint density at radius 3 is 2.84 bits per heavy atom. The van der Waals surface area contributed by atoms with Gasteiger partial charge in [-0.3, -0.25) is 9.69 Å². The summed E-state index contributed by atoms with van der Waals surface area (Å²) in [5.41, 5.74) is 7.11. The van der Waals surface area contributed by atoms with Gasteiger partial charge in [-0.25, -0.2) is 4.98 Å². The molecule has 1 aromatic carbocycles. The number of halogens is 1. The van der Waals surface area contributed by atoms with Crippen molar-refractivity contribution >= 4 is 17.5 Å². The summed E-state index contributed by atoms with van der Waals surface area (Å²) in [4.78, 5) is 18.0. The number of carbonyl (C=O) groups is 1. The zero-order valence-corrected chi connectivity index (χ0v) is 15.3. The van der Waals surface area contributed by atoms with E-state index in [4.69, 9.17) is 21.8 Å². The Balaban J connectivity index is 1.58. The maximum Gasteiger partial charge on any atom is 0.226 e. The SMILES string of the molecule is Cc1oc(-c2cccc(Cl)c2)nc1CN1CCC(CCC(N)=O)CC1. The molecule has 1 fully saturated rings. The highest BCUT2D eigenvalue weighted by Crippen LogP contribution is 2.27. The summed E-state index contributed by atoms with van der Waals surface area (Å²) in [6.07, 6.45) is 3.61. The molecule has 2 N–H and O–H groups in total. The Morgan fingerprint density at radius 1 is 1.40 bits per heavy atom. The molecule has 1 saturated heterocycles. The predicted octanol–water partition coefficient (Wildman–Crippen LogP) is 3.78. The van der Waals surface area contributed by atoms with E-state index in [9.17, 15) is 4.79 Å². The lowest BCUT2D eigenvalue weighted by atomic mass is 9.92. The van der Waals surface area contributed by atoms with Gasteiger partial charge >= 0.3 is 0 Å². The van der Waals surface area contributed by atoms with Gasteiger partial charge in [-0.15, -0.1) is 0 Å². The number of carbonyl (C=O) groups excluding carboxylic acids is 1. The maximum absolute atomic E-state index is 10.9. The standard InChI is InChI=1S/C19H24ClN3O2/c1-13-17(22-19(25-13)15-3-2-4-16(20)11-15)12-23-9-7-14(8-10-23)5-6-18(21)24/h2-4,11,14H,5-10,12H2,1H3,(H2,21,24). The highest BCUT2D eigenvalue weighted by atomic mass is 35.5. The van der Waals surface area contributed by atoms with E-state index in [1.807, 2.05) is 31.2 Å². The summed E-state index contributed by atoms with van der Waals surface area (Å²) in [5.74, 6) is 1.87. The highest BCUT2D eigenvalue weighted by molar-refractivity contribution is 6.30. The Bertz CT molecular complexity index is 736. The minimum atomic E-state index is -0.200. The normalized spacial score (nSPS) is 16.2. The molecule has 2 heterocycles. The average molecular weight is 362 g/mol.